The fourth-order valence-electron chi connectivity index (χ4n) is 5.15. The minimum absolute atomic E-state index is 0.0762. The molecule has 2 N–H and O–H groups in total. The van der Waals surface area contributed by atoms with Crippen LogP contribution in [0.3, 0.4) is 0 Å². The van der Waals surface area contributed by atoms with Crippen LogP contribution in [0.5, 0.6) is 5.88 Å². The minimum atomic E-state index is -0.893. The summed E-state index contributed by atoms with van der Waals surface area (Å²) in [6.45, 7) is 4.92. The number of pyridine rings is 1. The molecule has 3 aliphatic rings. The number of benzene rings is 1. The number of fused-ring (bicyclic) bond motifs is 1. The van der Waals surface area contributed by atoms with Crippen LogP contribution in [-0.4, -0.2) is 56.2 Å². The predicted molar refractivity (Wildman–Crippen MR) is 137 cm³/mol. The monoisotopic (exact) mass is 517 g/mol. The molecule has 3 aromatic rings. The Morgan fingerprint density at radius 3 is 2.55 bits per heavy atom. The first kappa shape index (κ1) is 24.3. The Labute approximate surface area is 220 Å². The predicted octanol–water partition coefficient (Wildman–Crippen LogP) is 4.29. The Bertz CT molecular complexity index is 1340. The van der Waals surface area contributed by atoms with Gasteiger partial charge in [-0.1, -0.05) is 30.3 Å². The zero-order chi connectivity index (χ0) is 26.4. The second-order valence-corrected chi connectivity index (χ2v) is 11.0. The molecule has 6 rings (SSSR count). The molecule has 2 saturated carbocycles. The van der Waals surface area contributed by atoms with Crippen LogP contribution in [0.2, 0.25) is 0 Å². The van der Waals surface area contributed by atoms with E-state index < -0.39 is 17.7 Å². The number of carbonyl (C=O) groups is 2. The van der Waals surface area contributed by atoms with Crippen molar-refractivity contribution >= 4 is 12.2 Å². The van der Waals surface area contributed by atoms with Crippen LogP contribution in [0.25, 0.3) is 5.82 Å². The molecule has 1 aliphatic heterocycles. The van der Waals surface area contributed by atoms with Crippen LogP contribution >= 0.6 is 0 Å². The van der Waals surface area contributed by atoms with Gasteiger partial charge >= 0.3 is 12.2 Å². The molecule has 0 unspecified atom stereocenters. The Morgan fingerprint density at radius 2 is 1.87 bits per heavy atom. The van der Waals surface area contributed by atoms with E-state index in [0.29, 0.717) is 30.7 Å². The van der Waals surface area contributed by atoms with Crippen LogP contribution in [-0.2, 0) is 16.9 Å². The van der Waals surface area contributed by atoms with E-state index in [2.05, 4.69) is 10.4 Å². The Morgan fingerprint density at radius 1 is 1.13 bits per heavy atom. The van der Waals surface area contributed by atoms with E-state index in [1.54, 1.807) is 4.68 Å². The quantitative estimate of drug-likeness (QED) is 0.457. The number of ether oxygens (including phenoxy) is 2. The largest absolute Gasteiger partial charge is 0.474 e. The molecule has 3 heterocycles. The lowest BCUT2D eigenvalue weighted by atomic mass is 9.95. The van der Waals surface area contributed by atoms with Crippen LogP contribution in [0.15, 0.2) is 54.9 Å². The third-order valence-electron chi connectivity index (χ3n) is 7.67. The van der Waals surface area contributed by atoms with Gasteiger partial charge in [0.15, 0.2) is 5.82 Å². The van der Waals surface area contributed by atoms with Crippen molar-refractivity contribution in [1.82, 2.24) is 25.0 Å². The minimum Gasteiger partial charge on any atom is -0.474 e. The van der Waals surface area contributed by atoms with Gasteiger partial charge in [-0.2, -0.15) is 10.1 Å². The van der Waals surface area contributed by atoms with Crippen molar-refractivity contribution in [2.75, 3.05) is 13.1 Å². The van der Waals surface area contributed by atoms with Crippen LogP contribution < -0.4 is 10.1 Å². The van der Waals surface area contributed by atoms with E-state index in [1.165, 1.54) is 23.3 Å². The highest BCUT2D eigenvalue weighted by Gasteiger charge is 2.59. The van der Waals surface area contributed by atoms with Gasteiger partial charge in [0.25, 0.3) is 0 Å². The summed E-state index contributed by atoms with van der Waals surface area (Å²) in [7, 11) is 0. The summed E-state index contributed by atoms with van der Waals surface area (Å²) >= 11 is 0. The maximum atomic E-state index is 12.7. The number of hydrogen-bond donors (Lipinski definition) is 2. The number of likely N-dealkylation sites (tertiary alicyclic amines) is 1. The molecule has 38 heavy (non-hydrogen) atoms. The first-order valence-electron chi connectivity index (χ1n) is 13.0. The zero-order valence-electron chi connectivity index (χ0n) is 21.4. The number of amides is 2. The molecule has 1 saturated heterocycles. The van der Waals surface area contributed by atoms with E-state index in [4.69, 9.17) is 14.5 Å². The van der Waals surface area contributed by atoms with Crippen molar-refractivity contribution in [2.24, 2.45) is 11.8 Å². The number of nitrogens with one attached hydrogen (secondary N) is 1. The average Bonchev–Trinajstić information content (AvgIpc) is 3.72. The highest BCUT2D eigenvalue weighted by Crippen LogP contribution is 2.48. The normalized spacial score (nSPS) is 22.1. The molecule has 2 aromatic heterocycles. The molecule has 0 radical (unpaired) electrons. The second-order valence-electron chi connectivity index (χ2n) is 11.0. The van der Waals surface area contributed by atoms with Gasteiger partial charge < -0.3 is 24.8 Å². The van der Waals surface area contributed by atoms with Gasteiger partial charge in [0.2, 0.25) is 5.88 Å². The Hall–Kier alpha value is -4.08. The molecule has 3 fully saturated rings. The van der Waals surface area contributed by atoms with Crippen molar-refractivity contribution in [3.63, 3.8) is 0 Å². The molecule has 198 valence electrons. The lowest BCUT2D eigenvalue weighted by molar-refractivity contribution is 0.129. The fourth-order valence-corrected chi connectivity index (χ4v) is 5.15. The standard InChI is InChI=1S/C28H31N5O5/c1-28(2,31-26(34)37-16-17-6-4-3-5-7-17)20-10-23(33-13-19(12-29-33)18-8-9-18)30-24(11-20)38-25-21-14-32(27(35)36)15-22(21)25/h3-7,10-13,18,21-22,25H,8-9,14-16H2,1-2H3,(H,31,34)(H,35,36)/t21-,22+,25-. The first-order valence-corrected chi connectivity index (χ1v) is 13.0. The van der Waals surface area contributed by atoms with E-state index in [1.807, 2.05) is 68.7 Å². The topological polar surface area (TPSA) is 119 Å². The lowest BCUT2D eigenvalue weighted by Gasteiger charge is -2.27. The van der Waals surface area contributed by atoms with Crippen molar-refractivity contribution in [3.05, 3.63) is 71.5 Å². The van der Waals surface area contributed by atoms with E-state index in [9.17, 15) is 14.7 Å². The van der Waals surface area contributed by atoms with Gasteiger partial charge in [0, 0.05) is 37.2 Å². The maximum Gasteiger partial charge on any atom is 0.408 e. The average molecular weight is 518 g/mol. The number of rotatable bonds is 8. The summed E-state index contributed by atoms with van der Waals surface area (Å²) in [5.41, 5.74) is 2.09. The lowest BCUT2D eigenvalue weighted by Crippen LogP contribution is -2.41. The third-order valence-corrected chi connectivity index (χ3v) is 7.67. The van der Waals surface area contributed by atoms with Crippen LogP contribution in [0, 0.1) is 11.8 Å². The number of piperidine rings is 1. The van der Waals surface area contributed by atoms with E-state index >= 15 is 0 Å². The van der Waals surface area contributed by atoms with Gasteiger partial charge in [0.1, 0.15) is 12.7 Å². The molecular weight excluding hydrogens is 486 g/mol. The Kier molecular flexibility index (Phi) is 5.97. The number of carbonyl (C=O) groups excluding carboxylic acids is 1. The SMILES string of the molecule is CC(C)(NC(=O)OCc1ccccc1)c1cc(O[C@@H]2[C@@H]3CN(C(=O)O)C[C@@H]32)nc(-n2cc(C3CC3)cn2)c1. The zero-order valence-corrected chi connectivity index (χ0v) is 21.4. The number of alkyl carbamates (subject to hydrolysis) is 1. The maximum absolute atomic E-state index is 12.7. The number of carboxylic acid groups (broad SMARTS) is 1. The van der Waals surface area contributed by atoms with E-state index in [0.717, 1.165) is 11.1 Å². The number of nitrogens with zero attached hydrogens (tertiary/aromatic N) is 4. The van der Waals surface area contributed by atoms with Gasteiger partial charge in [-0.05, 0) is 55.4 Å². The molecule has 10 heteroatoms. The first-order chi connectivity index (χ1) is 18.3. The van der Waals surface area contributed by atoms with Gasteiger partial charge in [-0.25, -0.2) is 14.3 Å². The van der Waals surface area contributed by atoms with Gasteiger partial charge in [0.05, 0.1) is 11.7 Å². The molecule has 2 amide bonds. The molecule has 10 nitrogen and oxygen atoms in total. The highest BCUT2D eigenvalue weighted by molar-refractivity contribution is 5.68. The Balaban J connectivity index is 1.21. The van der Waals surface area contributed by atoms with Gasteiger partial charge in [-0.3, -0.25) is 0 Å². The number of aromatic nitrogens is 3. The van der Waals surface area contributed by atoms with E-state index in [-0.39, 0.29) is 24.5 Å². The molecular formula is C28H31N5O5. The van der Waals surface area contributed by atoms with Gasteiger partial charge in [-0.15, -0.1) is 0 Å². The molecule has 0 bridgehead atoms. The second kappa shape index (κ2) is 9.34. The summed E-state index contributed by atoms with van der Waals surface area (Å²) in [4.78, 5) is 30.1. The summed E-state index contributed by atoms with van der Waals surface area (Å²) in [5.74, 6) is 1.92. The van der Waals surface area contributed by atoms with Crippen LogP contribution in [0.4, 0.5) is 9.59 Å². The highest BCUT2D eigenvalue weighted by atomic mass is 16.5. The molecule has 1 aromatic carbocycles. The summed E-state index contributed by atoms with van der Waals surface area (Å²) in [6.07, 6.45) is 4.73. The van der Waals surface area contributed by atoms with Crippen molar-refractivity contribution in [1.29, 1.82) is 0 Å². The third kappa shape index (κ3) is 5.03. The fraction of sp³-hybridized carbons (Fsp3) is 0.429. The number of hydrogen-bond acceptors (Lipinski definition) is 6. The summed E-state index contributed by atoms with van der Waals surface area (Å²) in [6, 6.07) is 13.2. The van der Waals surface area contributed by atoms with Crippen molar-refractivity contribution in [2.45, 2.75) is 50.9 Å². The smallest absolute Gasteiger partial charge is 0.408 e. The summed E-state index contributed by atoms with van der Waals surface area (Å²) < 4.78 is 13.5. The van der Waals surface area contributed by atoms with Crippen LogP contribution in [0.1, 0.15) is 49.3 Å². The molecule has 2 aliphatic carbocycles. The molecule has 0 spiro atoms. The molecule has 3 atom stereocenters. The summed E-state index contributed by atoms with van der Waals surface area (Å²) in [5, 5.41) is 16.7. The van der Waals surface area contributed by atoms with Crippen molar-refractivity contribution < 1.29 is 24.2 Å². The van der Waals surface area contributed by atoms with Crippen molar-refractivity contribution in [3.8, 4) is 11.7 Å².